The lowest BCUT2D eigenvalue weighted by Gasteiger charge is -2.10. The highest BCUT2D eigenvalue weighted by Crippen LogP contribution is 2.16. The van der Waals surface area contributed by atoms with Gasteiger partial charge in [0.1, 0.15) is 11.9 Å². The van der Waals surface area contributed by atoms with Gasteiger partial charge in [-0.3, -0.25) is 9.59 Å². The van der Waals surface area contributed by atoms with E-state index < -0.39 is 17.8 Å². The van der Waals surface area contributed by atoms with Crippen molar-refractivity contribution in [1.82, 2.24) is 0 Å². The van der Waals surface area contributed by atoms with E-state index in [0.29, 0.717) is 17.9 Å². The summed E-state index contributed by atoms with van der Waals surface area (Å²) in [5.41, 5.74) is 6.83. The van der Waals surface area contributed by atoms with Crippen molar-refractivity contribution in [2.75, 3.05) is 23.9 Å². The van der Waals surface area contributed by atoms with E-state index in [9.17, 15) is 14.0 Å². The Bertz CT molecular complexity index is 511. The molecule has 0 radical (unpaired) electrons. The van der Waals surface area contributed by atoms with Crippen LogP contribution in [0.1, 0.15) is 12.0 Å². The van der Waals surface area contributed by atoms with E-state index in [2.05, 4.69) is 10.1 Å². The minimum Gasteiger partial charge on any atom is -0.468 e. The van der Waals surface area contributed by atoms with Crippen molar-refractivity contribution in [1.29, 1.82) is 0 Å². The van der Waals surface area contributed by atoms with Crippen molar-refractivity contribution >= 4 is 29.3 Å². The summed E-state index contributed by atoms with van der Waals surface area (Å²) >= 11 is 1.35. The minimum absolute atomic E-state index is 0.212. The standard InChI is InChI=1S/C14H19FN2O3S/c1-9-3-4-10(15)7-12(9)17-13(18)8-21-6-5-11(16)14(19)20-2/h3-4,7,11H,5-6,8,16H2,1-2H3,(H,17,18). The number of anilines is 1. The molecule has 0 aromatic heterocycles. The first-order valence-corrected chi connectivity index (χ1v) is 7.56. The molecule has 0 fully saturated rings. The number of aryl methyl sites for hydroxylation is 1. The number of carbonyl (C=O) groups is 2. The Kier molecular flexibility index (Phi) is 7.18. The van der Waals surface area contributed by atoms with Gasteiger partial charge in [0.05, 0.1) is 12.9 Å². The van der Waals surface area contributed by atoms with E-state index >= 15 is 0 Å². The molecule has 1 aromatic carbocycles. The average molecular weight is 314 g/mol. The van der Waals surface area contributed by atoms with Crippen LogP contribution >= 0.6 is 11.8 Å². The smallest absolute Gasteiger partial charge is 0.322 e. The number of hydrogen-bond acceptors (Lipinski definition) is 5. The molecule has 0 aliphatic carbocycles. The third kappa shape index (κ3) is 6.14. The molecule has 1 aromatic rings. The number of amides is 1. The van der Waals surface area contributed by atoms with Crippen LogP contribution < -0.4 is 11.1 Å². The first-order valence-electron chi connectivity index (χ1n) is 6.41. The normalized spacial score (nSPS) is 11.8. The van der Waals surface area contributed by atoms with Gasteiger partial charge in [-0.2, -0.15) is 11.8 Å². The summed E-state index contributed by atoms with van der Waals surface area (Å²) in [5.74, 6) is -0.307. The number of benzene rings is 1. The molecule has 0 aliphatic rings. The molecule has 0 heterocycles. The number of ether oxygens (including phenoxy) is 1. The van der Waals surface area contributed by atoms with Crippen molar-refractivity contribution in [2.24, 2.45) is 5.73 Å². The molecule has 1 unspecified atom stereocenters. The van der Waals surface area contributed by atoms with Crippen molar-refractivity contribution in [3.05, 3.63) is 29.6 Å². The molecule has 0 spiro atoms. The highest BCUT2D eigenvalue weighted by Gasteiger charge is 2.13. The Morgan fingerprint density at radius 1 is 1.48 bits per heavy atom. The Labute approximate surface area is 127 Å². The third-order valence-electron chi connectivity index (χ3n) is 2.78. The van der Waals surface area contributed by atoms with E-state index in [1.807, 2.05) is 0 Å². The number of methoxy groups -OCH3 is 1. The van der Waals surface area contributed by atoms with Crippen LogP contribution in [0.2, 0.25) is 0 Å². The summed E-state index contributed by atoms with van der Waals surface area (Å²) in [6.45, 7) is 1.79. The topological polar surface area (TPSA) is 81.4 Å². The maximum atomic E-state index is 13.1. The Hall–Kier alpha value is -1.60. The van der Waals surface area contributed by atoms with Crippen molar-refractivity contribution < 1.29 is 18.7 Å². The molecule has 0 bridgehead atoms. The molecule has 0 aliphatic heterocycles. The summed E-state index contributed by atoms with van der Waals surface area (Å²) in [6.07, 6.45) is 0.434. The molecule has 116 valence electrons. The van der Waals surface area contributed by atoms with Crippen molar-refractivity contribution in [2.45, 2.75) is 19.4 Å². The molecule has 0 saturated heterocycles. The van der Waals surface area contributed by atoms with Gasteiger partial charge in [0.2, 0.25) is 5.91 Å². The van der Waals surface area contributed by atoms with Gasteiger partial charge in [0.25, 0.3) is 0 Å². The Morgan fingerprint density at radius 2 is 2.19 bits per heavy atom. The Balaban J connectivity index is 2.32. The second-order valence-corrected chi connectivity index (χ2v) is 5.58. The minimum atomic E-state index is -0.670. The lowest BCUT2D eigenvalue weighted by atomic mass is 10.2. The fourth-order valence-corrected chi connectivity index (χ4v) is 2.38. The van der Waals surface area contributed by atoms with Crippen LogP contribution in [0.4, 0.5) is 10.1 Å². The molecule has 7 heteroatoms. The van der Waals surface area contributed by atoms with Crippen LogP contribution in [-0.2, 0) is 14.3 Å². The third-order valence-corrected chi connectivity index (χ3v) is 3.77. The predicted molar refractivity (Wildman–Crippen MR) is 81.7 cm³/mol. The lowest BCUT2D eigenvalue weighted by molar-refractivity contribution is -0.142. The van der Waals surface area contributed by atoms with E-state index in [1.165, 1.54) is 31.0 Å². The molecule has 0 saturated carbocycles. The number of thioether (sulfide) groups is 1. The van der Waals surface area contributed by atoms with E-state index in [4.69, 9.17) is 5.73 Å². The molecular weight excluding hydrogens is 295 g/mol. The number of carbonyl (C=O) groups excluding carboxylic acids is 2. The first-order chi connectivity index (χ1) is 9.93. The zero-order valence-electron chi connectivity index (χ0n) is 12.0. The van der Waals surface area contributed by atoms with Crippen LogP contribution in [0.3, 0.4) is 0 Å². The van der Waals surface area contributed by atoms with Gasteiger partial charge >= 0.3 is 5.97 Å². The second kappa shape index (κ2) is 8.63. The maximum Gasteiger partial charge on any atom is 0.322 e. The van der Waals surface area contributed by atoms with Crippen molar-refractivity contribution in [3.8, 4) is 0 Å². The van der Waals surface area contributed by atoms with Crippen LogP contribution in [0.15, 0.2) is 18.2 Å². The average Bonchev–Trinajstić information content (AvgIpc) is 2.46. The van der Waals surface area contributed by atoms with Crippen LogP contribution in [0, 0.1) is 12.7 Å². The van der Waals surface area contributed by atoms with Crippen LogP contribution in [-0.4, -0.2) is 36.5 Å². The van der Waals surface area contributed by atoms with Gasteiger partial charge in [-0.25, -0.2) is 4.39 Å². The molecular formula is C14H19FN2O3S. The van der Waals surface area contributed by atoms with Gasteiger partial charge in [-0.15, -0.1) is 0 Å². The summed E-state index contributed by atoms with van der Waals surface area (Å²) in [4.78, 5) is 22.8. The highest BCUT2D eigenvalue weighted by molar-refractivity contribution is 7.99. The molecule has 5 nitrogen and oxygen atoms in total. The van der Waals surface area contributed by atoms with Gasteiger partial charge in [-0.05, 0) is 36.8 Å². The summed E-state index contributed by atoms with van der Waals surface area (Å²) in [5, 5.41) is 2.65. The fourth-order valence-electron chi connectivity index (χ4n) is 1.56. The van der Waals surface area contributed by atoms with Crippen molar-refractivity contribution in [3.63, 3.8) is 0 Å². The predicted octanol–water partition coefficient (Wildman–Crippen LogP) is 1.70. The number of esters is 1. The maximum absolute atomic E-state index is 13.1. The van der Waals surface area contributed by atoms with Gasteiger partial charge in [-0.1, -0.05) is 6.07 Å². The number of hydrogen-bond donors (Lipinski definition) is 2. The molecule has 21 heavy (non-hydrogen) atoms. The number of halogens is 1. The second-order valence-electron chi connectivity index (χ2n) is 4.48. The number of rotatable bonds is 7. The number of nitrogens with two attached hydrogens (primary N) is 1. The van der Waals surface area contributed by atoms with E-state index in [0.717, 1.165) is 5.56 Å². The lowest BCUT2D eigenvalue weighted by Crippen LogP contribution is -2.32. The number of nitrogens with one attached hydrogen (secondary N) is 1. The molecule has 1 amide bonds. The summed E-state index contributed by atoms with van der Waals surface area (Å²) in [7, 11) is 1.28. The van der Waals surface area contributed by atoms with E-state index in [1.54, 1.807) is 13.0 Å². The zero-order valence-corrected chi connectivity index (χ0v) is 12.8. The fraction of sp³-hybridized carbons (Fsp3) is 0.429. The summed E-state index contributed by atoms with van der Waals surface area (Å²) < 4.78 is 17.6. The monoisotopic (exact) mass is 314 g/mol. The van der Waals surface area contributed by atoms with Gasteiger partial charge in [0.15, 0.2) is 0 Å². The highest BCUT2D eigenvalue weighted by atomic mass is 32.2. The largest absolute Gasteiger partial charge is 0.468 e. The Morgan fingerprint density at radius 3 is 2.86 bits per heavy atom. The first kappa shape index (κ1) is 17.5. The molecule has 1 rings (SSSR count). The quantitative estimate of drug-likeness (QED) is 0.591. The molecule has 1 atom stereocenters. The van der Waals surface area contributed by atoms with Gasteiger partial charge < -0.3 is 15.8 Å². The van der Waals surface area contributed by atoms with Gasteiger partial charge in [0, 0.05) is 5.69 Å². The summed E-state index contributed by atoms with van der Waals surface area (Å²) in [6, 6.07) is 3.56. The van der Waals surface area contributed by atoms with E-state index in [-0.39, 0.29) is 11.7 Å². The zero-order chi connectivity index (χ0) is 15.8. The van der Waals surface area contributed by atoms with Crippen LogP contribution in [0.5, 0.6) is 0 Å². The SMILES string of the molecule is COC(=O)C(N)CCSCC(=O)Nc1cc(F)ccc1C. The molecule has 3 N–H and O–H groups in total. The van der Waals surface area contributed by atoms with Crippen LogP contribution in [0.25, 0.3) is 0 Å².